The molecule has 0 aliphatic carbocycles. The maximum absolute atomic E-state index is 13.4. The summed E-state index contributed by atoms with van der Waals surface area (Å²) in [7, 11) is 1.73. The molecule has 1 amide bonds. The highest BCUT2D eigenvalue weighted by Gasteiger charge is 2.40. The zero-order valence-corrected chi connectivity index (χ0v) is 17.1. The minimum Gasteiger partial charge on any atom is -0.340 e. The molecule has 2 aromatic heterocycles. The Balaban J connectivity index is 1.71. The number of rotatable bonds is 2. The fourth-order valence-corrected chi connectivity index (χ4v) is 4.78. The van der Waals surface area contributed by atoms with Gasteiger partial charge >= 0.3 is 5.69 Å². The van der Waals surface area contributed by atoms with Gasteiger partial charge in [-0.25, -0.2) is 4.79 Å². The Bertz CT molecular complexity index is 1670. The van der Waals surface area contributed by atoms with Gasteiger partial charge < -0.3 is 9.88 Å². The molecule has 3 N–H and O–H groups in total. The second-order valence-electron chi connectivity index (χ2n) is 8.02. The second kappa shape index (κ2) is 6.55. The molecule has 1 atom stereocenters. The molecule has 156 valence electrons. The first-order valence-electron chi connectivity index (χ1n) is 10.3. The highest BCUT2D eigenvalue weighted by atomic mass is 16.2. The molecule has 0 saturated carbocycles. The van der Waals surface area contributed by atoms with Gasteiger partial charge in [-0.3, -0.25) is 19.6 Å². The van der Waals surface area contributed by atoms with Crippen molar-refractivity contribution in [2.75, 3.05) is 11.9 Å². The highest BCUT2D eigenvalue weighted by Crippen LogP contribution is 2.45. The molecule has 0 spiro atoms. The van der Waals surface area contributed by atoms with Crippen molar-refractivity contribution < 1.29 is 4.79 Å². The van der Waals surface area contributed by atoms with Crippen molar-refractivity contribution in [3.63, 3.8) is 0 Å². The summed E-state index contributed by atoms with van der Waals surface area (Å²) in [5.41, 5.74) is 2.84. The molecule has 1 aliphatic rings. The minimum atomic E-state index is -0.668. The Hall–Kier alpha value is -4.39. The lowest BCUT2D eigenvalue weighted by atomic mass is 9.88. The number of hydrogen-bond acceptors (Lipinski definition) is 3. The summed E-state index contributed by atoms with van der Waals surface area (Å²) in [4.78, 5) is 48.1. The summed E-state index contributed by atoms with van der Waals surface area (Å²) < 4.78 is 0. The van der Waals surface area contributed by atoms with E-state index in [1.54, 1.807) is 11.9 Å². The van der Waals surface area contributed by atoms with E-state index < -0.39 is 17.2 Å². The second-order valence-corrected chi connectivity index (χ2v) is 8.02. The maximum Gasteiger partial charge on any atom is 0.327 e. The standard InChI is InChI=1S/C25H18N4O3/c1-29-17-9-5-4-8-16(17)18(24(29)31)19-20-22(27-25(32)28-23(20)30)26-21(19)15-11-10-13-6-2-3-7-14(13)12-15/h2-12,18H,1H3,(H3,26,27,28,30,32)/t18-/m1/s1. The lowest BCUT2D eigenvalue weighted by molar-refractivity contribution is -0.118. The Morgan fingerprint density at radius 3 is 2.41 bits per heavy atom. The van der Waals surface area contributed by atoms with E-state index in [0.29, 0.717) is 16.9 Å². The van der Waals surface area contributed by atoms with Gasteiger partial charge in [0.1, 0.15) is 5.65 Å². The van der Waals surface area contributed by atoms with Crippen LogP contribution in [0.1, 0.15) is 17.0 Å². The van der Waals surface area contributed by atoms with E-state index in [-0.39, 0.29) is 11.3 Å². The first-order valence-corrected chi connectivity index (χ1v) is 10.3. The molecule has 0 radical (unpaired) electrons. The van der Waals surface area contributed by atoms with E-state index in [1.807, 2.05) is 66.7 Å². The van der Waals surface area contributed by atoms with Gasteiger partial charge in [-0.15, -0.1) is 0 Å². The third-order valence-corrected chi connectivity index (χ3v) is 6.24. The molecule has 0 bridgehead atoms. The molecule has 3 aromatic carbocycles. The van der Waals surface area contributed by atoms with Crippen molar-refractivity contribution in [2.45, 2.75) is 5.92 Å². The number of amides is 1. The predicted molar refractivity (Wildman–Crippen MR) is 124 cm³/mol. The van der Waals surface area contributed by atoms with Crippen LogP contribution in [0.15, 0.2) is 76.3 Å². The van der Waals surface area contributed by atoms with Gasteiger partial charge in [0.05, 0.1) is 17.0 Å². The van der Waals surface area contributed by atoms with Gasteiger partial charge in [0.25, 0.3) is 5.56 Å². The number of benzene rings is 3. The first kappa shape index (κ1) is 18.4. The van der Waals surface area contributed by atoms with E-state index in [4.69, 9.17) is 0 Å². The minimum absolute atomic E-state index is 0.125. The lowest BCUT2D eigenvalue weighted by Gasteiger charge is -2.13. The van der Waals surface area contributed by atoms with Crippen molar-refractivity contribution >= 4 is 33.4 Å². The van der Waals surface area contributed by atoms with E-state index in [0.717, 1.165) is 27.6 Å². The molecule has 7 heteroatoms. The lowest BCUT2D eigenvalue weighted by Crippen LogP contribution is -2.26. The van der Waals surface area contributed by atoms with Gasteiger partial charge in [-0.05, 0) is 34.0 Å². The van der Waals surface area contributed by atoms with Gasteiger partial charge in [-0.1, -0.05) is 54.6 Å². The summed E-state index contributed by atoms with van der Waals surface area (Å²) in [6.07, 6.45) is 0. The van der Waals surface area contributed by atoms with Crippen LogP contribution in [-0.4, -0.2) is 27.9 Å². The first-order chi connectivity index (χ1) is 15.5. The van der Waals surface area contributed by atoms with Crippen LogP contribution in [0.5, 0.6) is 0 Å². The van der Waals surface area contributed by atoms with E-state index in [2.05, 4.69) is 15.0 Å². The van der Waals surface area contributed by atoms with Crippen LogP contribution >= 0.6 is 0 Å². The average molecular weight is 422 g/mol. The molecular formula is C25H18N4O3. The fourth-order valence-electron chi connectivity index (χ4n) is 4.78. The van der Waals surface area contributed by atoms with Crippen molar-refractivity contribution in [1.29, 1.82) is 0 Å². The molecule has 0 fully saturated rings. The quantitative estimate of drug-likeness (QED) is 0.406. The zero-order valence-electron chi connectivity index (χ0n) is 17.1. The van der Waals surface area contributed by atoms with Crippen LogP contribution in [0.4, 0.5) is 5.69 Å². The van der Waals surface area contributed by atoms with Crippen molar-refractivity contribution in [3.8, 4) is 11.3 Å². The number of nitrogens with one attached hydrogen (secondary N) is 3. The number of nitrogens with zero attached hydrogens (tertiary/aromatic N) is 1. The summed E-state index contributed by atoms with van der Waals surface area (Å²) >= 11 is 0. The van der Waals surface area contributed by atoms with E-state index in [1.165, 1.54) is 0 Å². The maximum atomic E-state index is 13.4. The Kier molecular flexibility index (Phi) is 3.76. The fraction of sp³-hybridized carbons (Fsp3) is 0.0800. The monoisotopic (exact) mass is 422 g/mol. The molecule has 0 saturated heterocycles. The molecule has 3 heterocycles. The molecular weight excluding hydrogens is 404 g/mol. The number of aromatic nitrogens is 3. The van der Waals surface area contributed by atoms with E-state index >= 15 is 0 Å². The van der Waals surface area contributed by atoms with Crippen molar-refractivity contribution in [2.24, 2.45) is 0 Å². The summed E-state index contributed by atoms with van der Waals surface area (Å²) in [5, 5.41) is 2.41. The topological polar surface area (TPSA) is 102 Å². The molecule has 1 aliphatic heterocycles. The smallest absolute Gasteiger partial charge is 0.327 e. The summed E-state index contributed by atoms with van der Waals surface area (Å²) in [6.45, 7) is 0. The van der Waals surface area contributed by atoms with Crippen molar-refractivity contribution in [1.82, 2.24) is 15.0 Å². The van der Waals surface area contributed by atoms with E-state index in [9.17, 15) is 14.4 Å². The van der Waals surface area contributed by atoms with Gasteiger partial charge in [0, 0.05) is 18.3 Å². The number of aromatic amines is 3. The number of hydrogen-bond donors (Lipinski definition) is 3. The Morgan fingerprint density at radius 1 is 0.812 bits per heavy atom. The zero-order chi connectivity index (χ0) is 22.0. The molecule has 0 unspecified atom stereocenters. The third-order valence-electron chi connectivity index (χ3n) is 6.24. The molecule has 6 rings (SSSR count). The summed E-state index contributed by atoms with van der Waals surface area (Å²) in [6, 6.07) is 21.5. The number of H-pyrrole nitrogens is 3. The number of carbonyl (C=O) groups excluding carboxylic acids is 1. The number of carbonyl (C=O) groups is 1. The van der Waals surface area contributed by atoms with Crippen LogP contribution in [0.25, 0.3) is 33.1 Å². The van der Waals surface area contributed by atoms with Gasteiger partial charge in [-0.2, -0.15) is 0 Å². The average Bonchev–Trinajstić information content (AvgIpc) is 3.29. The van der Waals surface area contributed by atoms with Crippen LogP contribution in [0.3, 0.4) is 0 Å². The number of para-hydroxylation sites is 1. The number of fused-ring (bicyclic) bond motifs is 3. The van der Waals surface area contributed by atoms with Crippen LogP contribution < -0.4 is 16.1 Å². The third kappa shape index (κ3) is 2.51. The Morgan fingerprint density at radius 2 is 1.56 bits per heavy atom. The van der Waals surface area contributed by atoms with Crippen LogP contribution in [0.2, 0.25) is 0 Å². The number of likely N-dealkylation sites (N-methyl/N-ethyl adjacent to an activating group) is 1. The SMILES string of the molecule is CN1C(=O)[C@@H](c2c(-c3ccc4ccccc4c3)[nH]c3[nH]c(=O)[nH]c(=O)c23)c2ccccc21. The predicted octanol–water partition coefficient (Wildman–Crippen LogP) is 3.47. The van der Waals surface area contributed by atoms with Gasteiger partial charge in [0.15, 0.2) is 0 Å². The largest absolute Gasteiger partial charge is 0.340 e. The van der Waals surface area contributed by atoms with Crippen LogP contribution in [0, 0.1) is 0 Å². The van der Waals surface area contributed by atoms with Gasteiger partial charge in [0.2, 0.25) is 5.91 Å². The molecule has 32 heavy (non-hydrogen) atoms. The van der Waals surface area contributed by atoms with Crippen LogP contribution in [-0.2, 0) is 4.79 Å². The normalized spacial score (nSPS) is 15.6. The molecule has 5 aromatic rings. The Labute approximate surface area is 181 Å². The summed E-state index contributed by atoms with van der Waals surface area (Å²) in [5.74, 6) is -0.793. The number of anilines is 1. The molecule has 7 nitrogen and oxygen atoms in total. The highest BCUT2D eigenvalue weighted by molar-refractivity contribution is 6.10. The van der Waals surface area contributed by atoms with Crippen molar-refractivity contribution in [3.05, 3.63) is 98.7 Å².